The highest BCUT2D eigenvalue weighted by Crippen LogP contribution is 2.22. The van der Waals surface area contributed by atoms with Gasteiger partial charge in [0.1, 0.15) is 17.0 Å². The van der Waals surface area contributed by atoms with Gasteiger partial charge in [0.2, 0.25) is 5.55 Å². The van der Waals surface area contributed by atoms with Crippen molar-refractivity contribution < 1.29 is 18.3 Å². The highest BCUT2D eigenvalue weighted by Gasteiger charge is 2.19. The molecule has 29 heavy (non-hydrogen) atoms. The second-order valence-corrected chi connectivity index (χ2v) is 7.90. The summed E-state index contributed by atoms with van der Waals surface area (Å²) >= 11 is 3.44. The summed E-state index contributed by atoms with van der Waals surface area (Å²) in [5.41, 5.74) is 1.81. The monoisotopic (exact) mass is 458 g/mol. The lowest BCUT2D eigenvalue weighted by atomic mass is 10.1. The molecule has 0 saturated carbocycles. The first kappa shape index (κ1) is 19.8. The Kier molecular flexibility index (Phi) is 5.78. The molecule has 5 nitrogen and oxygen atoms in total. The van der Waals surface area contributed by atoms with Gasteiger partial charge in [0.05, 0.1) is 11.8 Å². The summed E-state index contributed by atoms with van der Waals surface area (Å²) in [5.74, 6) is -0.667. The van der Waals surface area contributed by atoms with Crippen molar-refractivity contribution in [2.24, 2.45) is 4.99 Å². The van der Waals surface area contributed by atoms with Crippen molar-refractivity contribution in [1.82, 2.24) is 5.32 Å². The van der Waals surface area contributed by atoms with E-state index < -0.39 is 0 Å². The van der Waals surface area contributed by atoms with Gasteiger partial charge in [-0.3, -0.25) is 4.79 Å². The third kappa shape index (κ3) is 4.41. The number of ether oxygens (including phenoxy) is 1. The third-order valence-electron chi connectivity index (χ3n) is 4.93. The van der Waals surface area contributed by atoms with Crippen LogP contribution in [-0.4, -0.2) is 25.2 Å². The SMILES string of the molecule is Cc1c(F)cccc1N=c1oc2ccc(Br)cc2cc1C(=O)NCC1CCCO1. The van der Waals surface area contributed by atoms with E-state index in [0.29, 0.717) is 23.4 Å². The van der Waals surface area contributed by atoms with Crippen molar-refractivity contribution in [2.75, 3.05) is 13.2 Å². The van der Waals surface area contributed by atoms with Gasteiger partial charge in [0, 0.05) is 28.6 Å². The van der Waals surface area contributed by atoms with E-state index in [9.17, 15) is 9.18 Å². The van der Waals surface area contributed by atoms with Gasteiger partial charge in [0.15, 0.2) is 0 Å². The maximum atomic E-state index is 13.9. The van der Waals surface area contributed by atoms with Gasteiger partial charge in [0.25, 0.3) is 5.91 Å². The van der Waals surface area contributed by atoms with E-state index in [1.165, 1.54) is 6.07 Å². The molecular formula is C22H20BrFN2O3. The number of benzene rings is 2. The van der Waals surface area contributed by atoms with Crippen molar-refractivity contribution in [2.45, 2.75) is 25.9 Å². The zero-order chi connectivity index (χ0) is 20.4. The molecule has 3 aromatic rings. The smallest absolute Gasteiger partial charge is 0.256 e. The normalized spacial score (nSPS) is 17.1. The molecule has 1 amide bonds. The Morgan fingerprint density at radius 1 is 1.31 bits per heavy atom. The van der Waals surface area contributed by atoms with E-state index in [4.69, 9.17) is 9.15 Å². The Morgan fingerprint density at radius 3 is 2.97 bits per heavy atom. The molecule has 1 aliphatic heterocycles. The molecule has 7 heteroatoms. The van der Waals surface area contributed by atoms with Crippen molar-refractivity contribution in [1.29, 1.82) is 0 Å². The van der Waals surface area contributed by atoms with E-state index >= 15 is 0 Å². The molecule has 0 radical (unpaired) electrons. The quantitative estimate of drug-likeness (QED) is 0.611. The van der Waals surface area contributed by atoms with Gasteiger partial charge in [-0.15, -0.1) is 0 Å². The number of rotatable bonds is 4. The number of halogens is 2. The largest absolute Gasteiger partial charge is 0.438 e. The molecule has 1 atom stereocenters. The van der Waals surface area contributed by atoms with Crippen LogP contribution in [0, 0.1) is 12.7 Å². The standard InChI is InChI=1S/C22H20BrFN2O3/c1-13-18(24)5-2-6-19(13)26-22-17(21(27)25-12-16-4-3-9-28-16)11-14-10-15(23)7-8-20(14)29-22/h2,5-8,10-11,16H,3-4,9,12H2,1H3,(H,25,27). The summed E-state index contributed by atoms with van der Waals surface area (Å²) in [7, 11) is 0. The Morgan fingerprint density at radius 2 is 2.17 bits per heavy atom. The van der Waals surface area contributed by atoms with Crippen LogP contribution in [-0.2, 0) is 4.74 Å². The maximum Gasteiger partial charge on any atom is 0.256 e. The lowest BCUT2D eigenvalue weighted by Crippen LogP contribution is -2.34. The van der Waals surface area contributed by atoms with E-state index in [-0.39, 0.29) is 28.9 Å². The van der Waals surface area contributed by atoms with Gasteiger partial charge in [-0.25, -0.2) is 9.38 Å². The van der Waals surface area contributed by atoms with Crippen molar-refractivity contribution in [3.8, 4) is 0 Å². The van der Waals surface area contributed by atoms with E-state index in [1.54, 1.807) is 31.2 Å². The van der Waals surface area contributed by atoms with E-state index in [0.717, 1.165) is 29.3 Å². The van der Waals surface area contributed by atoms with Gasteiger partial charge < -0.3 is 14.5 Å². The number of amides is 1. The molecule has 1 aliphatic rings. The number of carbonyl (C=O) groups is 1. The minimum atomic E-state index is -0.361. The molecule has 1 N–H and O–H groups in total. The number of hydrogen-bond donors (Lipinski definition) is 1. The van der Waals surface area contributed by atoms with Crippen molar-refractivity contribution in [3.63, 3.8) is 0 Å². The predicted molar refractivity (Wildman–Crippen MR) is 112 cm³/mol. The number of fused-ring (bicyclic) bond motifs is 1. The summed E-state index contributed by atoms with van der Waals surface area (Å²) in [6, 6.07) is 11.9. The lowest BCUT2D eigenvalue weighted by Gasteiger charge is -2.11. The van der Waals surface area contributed by atoms with Crippen LogP contribution in [0.5, 0.6) is 0 Å². The Labute approximate surface area is 175 Å². The van der Waals surface area contributed by atoms with Gasteiger partial charge in [-0.05, 0) is 56.2 Å². The summed E-state index contributed by atoms with van der Waals surface area (Å²) < 4.78 is 26.3. The first-order valence-electron chi connectivity index (χ1n) is 9.44. The fraction of sp³-hybridized carbons (Fsp3) is 0.273. The van der Waals surface area contributed by atoms with Crippen LogP contribution < -0.4 is 10.9 Å². The van der Waals surface area contributed by atoms with Crippen LogP contribution in [0.4, 0.5) is 10.1 Å². The molecule has 1 saturated heterocycles. The molecular weight excluding hydrogens is 439 g/mol. The van der Waals surface area contributed by atoms with Gasteiger partial charge in [-0.1, -0.05) is 22.0 Å². The number of hydrogen-bond acceptors (Lipinski definition) is 4. The van der Waals surface area contributed by atoms with Crippen LogP contribution in [0.1, 0.15) is 28.8 Å². The summed E-state index contributed by atoms with van der Waals surface area (Å²) in [5, 5.41) is 3.66. The molecule has 150 valence electrons. The number of carbonyl (C=O) groups excluding carboxylic acids is 1. The summed E-state index contributed by atoms with van der Waals surface area (Å²) in [6.07, 6.45) is 1.95. The molecule has 2 aromatic carbocycles. The van der Waals surface area contributed by atoms with E-state index in [1.807, 2.05) is 12.1 Å². The second-order valence-electron chi connectivity index (χ2n) is 6.99. The Hall–Kier alpha value is -2.51. The summed E-state index contributed by atoms with van der Waals surface area (Å²) in [6.45, 7) is 2.79. The lowest BCUT2D eigenvalue weighted by molar-refractivity contribution is 0.0854. The number of nitrogens with zero attached hydrogens (tertiary/aromatic N) is 1. The molecule has 0 aliphatic carbocycles. The minimum absolute atomic E-state index is 0.0244. The average molecular weight is 459 g/mol. The van der Waals surface area contributed by atoms with Crippen molar-refractivity contribution >= 4 is 38.5 Å². The minimum Gasteiger partial charge on any atom is -0.438 e. The van der Waals surface area contributed by atoms with Crippen LogP contribution >= 0.6 is 15.9 Å². The first-order valence-corrected chi connectivity index (χ1v) is 10.2. The average Bonchev–Trinajstić information content (AvgIpc) is 3.23. The first-order chi connectivity index (χ1) is 14.0. The molecule has 2 heterocycles. The second kappa shape index (κ2) is 8.47. The fourth-order valence-electron chi connectivity index (χ4n) is 3.28. The zero-order valence-electron chi connectivity index (χ0n) is 15.9. The van der Waals surface area contributed by atoms with E-state index in [2.05, 4.69) is 26.2 Å². The van der Waals surface area contributed by atoms with Crippen LogP contribution in [0.25, 0.3) is 11.0 Å². The molecule has 0 bridgehead atoms. The van der Waals surface area contributed by atoms with Gasteiger partial charge >= 0.3 is 0 Å². The topological polar surface area (TPSA) is 63.8 Å². The molecule has 1 unspecified atom stereocenters. The molecule has 0 spiro atoms. The van der Waals surface area contributed by atoms with Gasteiger partial charge in [-0.2, -0.15) is 0 Å². The maximum absolute atomic E-state index is 13.9. The van der Waals surface area contributed by atoms with Crippen molar-refractivity contribution in [3.05, 3.63) is 69.4 Å². The van der Waals surface area contributed by atoms with Crippen LogP contribution in [0.15, 0.2) is 56.3 Å². The Bertz CT molecular complexity index is 1140. The zero-order valence-corrected chi connectivity index (χ0v) is 17.5. The Balaban J connectivity index is 1.79. The highest BCUT2D eigenvalue weighted by molar-refractivity contribution is 9.10. The summed E-state index contributed by atoms with van der Waals surface area (Å²) in [4.78, 5) is 17.4. The third-order valence-corrected chi connectivity index (χ3v) is 5.42. The van der Waals surface area contributed by atoms with Crippen LogP contribution in [0.2, 0.25) is 0 Å². The molecule has 4 rings (SSSR count). The highest BCUT2D eigenvalue weighted by atomic mass is 79.9. The fourth-order valence-corrected chi connectivity index (χ4v) is 3.66. The molecule has 1 aromatic heterocycles. The molecule has 1 fully saturated rings. The van der Waals surface area contributed by atoms with Crippen LogP contribution in [0.3, 0.4) is 0 Å². The predicted octanol–water partition coefficient (Wildman–Crippen LogP) is 4.78. The number of nitrogens with one attached hydrogen (secondary N) is 1.